The van der Waals surface area contributed by atoms with Gasteiger partial charge in [0.15, 0.2) is 0 Å². The van der Waals surface area contributed by atoms with Crippen molar-refractivity contribution >= 4 is 15.9 Å². The topological polar surface area (TPSA) is 41.5 Å². The highest BCUT2D eigenvalue weighted by molar-refractivity contribution is 9.10. The fourth-order valence-corrected chi connectivity index (χ4v) is 3.07. The molecular weight excluding hydrogens is 282 g/mol. The third-order valence-electron chi connectivity index (χ3n) is 3.29. The summed E-state index contributed by atoms with van der Waals surface area (Å²) in [4.78, 5) is 4.83. The third-order valence-corrected chi connectivity index (χ3v) is 4.15. The molecule has 0 atom stereocenters. The minimum absolute atomic E-state index is 0.343. The number of hydrogen-bond donors (Lipinski definition) is 2. The SMILES string of the molecule is CONCc1cc2c(c(Br)c1O)CCCCC2. The van der Waals surface area contributed by atoms with Gasteiger partial charge in [-0.2, -0.15) is 5.48 Å². The van der Waals surface area contributed by atoms with Crippen LogP contribution in [0.2, 0.25) is 0 Å². The Morgan fingerprint density at radius 1 is 1.35 bits per heavy atom. The number of halogens is 1. The largest absolute Gasteiger partial charge is 0.506 e. The van der Waals surface area contributed by atoms with E-state index in [-0.39, 0.29) is 0 Å². The summed E-state index contributed by atoms with van der Waals surface area (Å²) < 4.78 is 0.866. The van der Waals surface area contributed by atoms with E-state index in [2.05, 4.69) is 27.5 Å². The average molecular weight is 300 g/mol. The van der Waals surface area contributed by atoms with Crippen LogP contribution in [0.4, 0.5) is 0 Å². The van der Waals surface area contributed by atoms with Crippen molar-refractivity contribution in [3.05, 3.63) is 27.2 Å². The molecule has 0 aliphatic heterocycles. The van der Waals surface area contributed by atoms with Crippen LogP contribution >= 0.6 is 15.9 Å². The molecule has 2 rings (SSSR count). The van der Waals surface area contributed by atoms with Gasteiger partial charge in [-0.3, -0.25) is 0 Å². The van der Waals surface area contributed by atoms with Crippen LogP contribution in [0.25, 0.3) is 0 Å². The normalized spacial score (nSPS) is 15.4. The van der Waals surface area contributed by atoms with Gasteiger partial charge in [0.25, 0.3) is 0 Å². The zero-order valence-electron chi connectivity index (χ0n) is 10.1. The summed E-state index contributed by atoms with van der Waals surface area (Å²) in [5, 5.41) is 10.1. The molecule has 1 aliphatic carbocycles. The predicted molar refractivity (Wildman–Crippen MR) is 70.9 cm³/mol. The monoisotopic (exact) mass is 299 g/mol. The van der Waals surface area contributed by atoms with Crippen LogP contribution in [-0.4, -0.2) is 12.2 Å². The highest BCUT2D eigenvalue weighted by Gasteiger charge is 2.17. The van der Waals surface area contributed by atoms with Gasteiger partial charge in [-0.15, -0.1) is 0 Å². The molecule has 0 spiro atoms. The Balaban J connectivity index is 2.36. The first-order chi connectivity index (χ1) is 8.24. The first-order valence-electron chi connectivity index (χ1n) is 6.02. The van der Waals surface area contributed by atoms with Crippen molar-refractivity contribution in [1.82, 2.24) is 5.48 Å². The standard InChI is InChI=1S/C13H18BrNO2/c1-17-15-8-10-7-9-5-3-2-4-6-11(9)12(14)13(10)16/h7,15-16H,2-6,8H2,1H3. The van der Waals surface area contributed by atoms with Gasteiger partial charge in [-0.05, 0) is 52.7 Å². The third kappa shape index (κ3) is 2.81. The summed E-state index contributed by atoms with van der Waals surface area (Å²) in [7, 11) is 1.58. The second-order valence-corrected chi connectivity index (χ2v) is 5.21. The zero-order valence-corrected chi connectivity index (χ0v) is 11.6. The molecule has 0 bridgehead atoms. The molecular formula is C13H18BrNO2. The van der Waals surface area contributed by atoms with Crippen molar-refractivity contribution in [2.45, 2.75) is 38.6 Å². The predicted octanol–water partition coefficient (Wildman–Crippen LogP) is 3.07. The lowest BCUT2D eigenvalue weighted by Gasteiger charge is -2.14. The van der Waals surface area contributed by atoms with Gasteiger partial charge in [0.2, 0.25) is 0 Å². The maximum atomic E-state index is 10.1. The number of aromatic hydroxyl groups is 1. The highest BCUT2D eigenvalue weighted by atomic mass is 79.9. The molecule has 0 saturated heterocycles. The number of nitrogens with one attached hydrogen (secondary N) is 1. The van der Waals surface area contributed by atoms with E-state index in [9.17, 15) is 5.11 Å². The maximum absolute atomic E-state index is 10.1. The van der Waals surface area contributed by atoms with Gasteiger partial charge in [0.1, 0.15) is 5.75 Å². The molecule has 1 aromatic carbocycles. The molecule has 0 unspecified atom stereocenters. The summed E-state index contributed by atoms with van der Waals surface area (Å²) in [6.07, 6.45) is 5.88. The van der Waals surface area contributed by atoms with Crippen molar-refractivity contribution < 1.29 is 9.94 Å². The van der Waals surface area contributed by atoms with Crippen molar-refractivity contribution in [3.63, 3.8) is 0 Å². The molecule has 2 N–H and O–H groups in total. The molecule has 3 nitrogen and oxygen atoms in total. The fraction of sp³-hybridized carbons (Fsp3) is 0.538. The van der Waals surface area contributed by atoms with E-state index >= 15 is 0 Å². The van der Waals surface area contributed by atoms with Gasteiger partial charge >= 0.3 is 0 Å². The molecule has 0 amide bonds. The number of aryl methyl sites for hydroxylation is 1. The van der Waals surface area contributed by atoms with E-state index in [1.165, 1.54) is 30.4 Å². The van der Waals surface area contributed by atoms with Crippen molar-refractivity contribution in [2.75, 3.05) is 7.11 Å². The quantitative estimate of drug-likeness (QED) is 0.666. The molecule has 1 aliphatic rings. The molecule has 4 heteroatoms. The number of phenolic OH excluding ortho intramolecular Hbond substituents is 1. The Hall–Kier alpha value is -0.580. The van der Waals surface area contributed by atoms with Crippen LogP contribution in [0.5, 0.6) is 5.75 Å². The second kappa shape index (κ2) is 5.85. The van der Waals surface area contributed by atoms with Crippen LogP contribution < -0.4 is 5.48 Å². The van der Waals surface area contributed by atoms with E-state index in [1.807, 2.05) is 0 Å². The van der Waals surface area contributed by atoms with Gasteiger partial charge < -0.3 is 9.94 Å². The number of phenols is 1. The first-order valence-corrected chi connectivity index (χ1v) is 6.81. The zero-order chi connectivity index (χ0) is 12.3. The molecule has 94 valence electrons. The lowest BCUT2D eigenvalue weighted by atomic mass is 9.99. The number of fused-ring (bicyclic) bond motifs is 1. The maximum Gasteiger partial charge on any atom is 0.134 e. The number of benzene rings is 1. The Labute approximate surface area is 110 Å². The molecule has 0 fully saturated rings. The Morgan fingerprint density at radius 3 is 2.88 bits per heavy atom. The van der Waals surface area contributed by atoms with Gasteiger partial charge in [0.05, 0.1) is 11.6 Å². The lowest BCUT2D eigenvalue weighted by Crippen LogP contribution is -2.11. The van der Waals surface area contributed by atoms with E-state index in [1.54, 1.807) is 7.11 Å². The van der Waals surface area contributed by atoms with Crippen LogP contribution in [-0.2, 0) is 24.2 Å². The Morgan fingerprint density at radius 2 is 2.12 bits per heavy atom. The summed E-state index contributed by atoms with van der Waals surface area (Å²) in [5.74, 6) is 0.343. The second-order valence-electron chi connectivity index (χ2n) is 4.42. The lowest BCUT2D eigenvalue weighted by molar-refractivity contribution is 0.0861. The van der Waals surface area contributed by atoms with E-state index in [0.717, 1.165) is 22.9 Å². The Bertz CT molecular complexity index is 407. The van der Waals surface area contributed by atoms with Gasteiger partial charge in [0, 0.05) is 12.1 Å². The van der Waals surface area contributed by atoms with E-state index < -0.39 is 0 Å². The molecule has 1 aromatic rings. The fourth-order valence-electron chi connectivity index (χ4n) is 2.36. The summed E-state index contributed by atoms with van der Waals surface area (Å²) in [6, 6.07) is 2.10. The van der Waals surface area contributed by atoms with Crippen molar-refractivity contribution in [1.29, 1.82) is 0 Å². The van der Waals surface area contributed by atoms with Crippen LogP contribution in [0, 0.1) is 0 Å². The first kappa shape index (κ1) is 12.9. The molecule has 0 aromatic heterocycles. The van der Waals surface area contributed by atoms with Crippen LogP contribution in [0.15, 0.2) is 10.5 Å². The van der Waals surface area contributed by atoms with Gasteiger partial charge in [-0.1, -0.05) is 12.5 Å². The smallest absolute Gasteiger partial charge is 0.134 e. The van der Waals surface area contributed by atoms with E-state index in [0.29, 0.717) is 12.3 Å². The highest BCUT2D eigenvalue weighted by Crippen LogP contribution is 2.37. The van der Waals surface area contributed by atoms with Crippen molar-refractivity contribution in [3.8, 4) is 5.75 Å². The minimum atomic E-state index is 0.343. The number of rotatable bonds is 3. The summed E-state index contributed by atoms with van der Waals surface area (Å²) in [5.41, 5.74) is 6.30. The summed E-state index contributed by atoms with van der Waals surface area (Å²) in [6.45, 7) is 0.522. The van der Waals surface area contributed by atoms with E-state index in [4.69, 9.17) is 4.84 Å². The molecule has 0 radical (unpaired) electrons. The number of hydrogen-bond acceptors (Lipinski definition) is 3. The average Bonchev–Trinajstić information content (AvgIpc) is 2.57. The van der Waals surface area contributed by atoms with Crippen molar-refractivity contribution in [2.24, 2.45) is 0 Å². The molecule has 0 heterocycles. The minimum Gasteiger partial charge on any atom is -0.506 e. The van der Waals surface area contributed by atoms with Crippen LogP contribution in [0.1, 0.15) is 36.0 Å². The Kier molecular flexibility index (Phi) is 4.42. The number of hydroxylamine groups is 1. The molecule has 0 saturated carbocycles. The van der Waals surface area contributed by atoms with Crippen LogP contribution in [0.3, 0.4) is 0 Å². The summed E-state index contributed by atoms with van der Waals surface area (Å²) >= 11 is 3.52. The van der Waals surface area contributed by atoms with Gasteiger partial charge in [-0.25, -0.2) is 0 Å². The molecule has 17 heavy (non-hydrogen) atoms.